The number of nitrogens with one attached hydrogen (secondary N) is 1. The molecular formula is C24H26N2O2. The summed E-state index contributed by atoms with van der Waals surface area (Å²) in [6, 6.07) is 14.7. The van der Waals surface area contributed by atoms with Crippen LogP contribution in [0.3, 0.4) is 0 Å². The number of nitrogens with zero attached hydrogens (tertiary/aromatic N) is 1. The summed E-state index contributed by atoms with van der Waals surface area (Å²) in [5.74, 6) is 1.83. The van der Waals surface area contributed by atoms with Crippen molar-refractivity contribution in [2.45, 2.75) is 31.2 Å². The molecule has 0 radical (unpaired) electrons. The van der Waals surface area contributed by atoms with Crippen LogP contribution in [-0.2, 0) is 0 Å². The highest BCUT2D eigenvalue weighted by molar-refractivity contribution is 6.01. The Morgan fingerprint density at radius 2 is 1.96 bits per heavy atom. The summed E-state index contributed by atoms with van der Waals surface area (Å²) in [6.07, 6.45) is 7.86. The summed E-state index contributed by atoms with van der Waals surface area (Å²) in [7, 11) is 1.70. The summed E-state index contributed by atoms with van der Waals surface area (Å²) in [5.41, 5.74) is 4.29. The highest BCUT2D eigenvalue weighted by Gasteiger charge is 2.39. The van der Waals surface area contributed by atoms with Crippen molar-refractivity contribution >= 4 is 11.6 Å². The number of methoxy groups -OCH3 is 1. The molecule has 1 amide bonds. The summed E-state index contributed by atoms with van der Waals surface area (Å²) in [5, 5.41) is 3.77. The minimum absolute atomic E-state index is 0.159. The molecule has 1 fully saturated rings. The monoisotopic (exact) mass is 374 g/mol. The molecule has 2 aliphatic heterocycles. The Kier molecular flexibility index (Phi) is 4.34. The van der Waals surface area contributed by atoms with Crippen LogP contribution in [0.15, 0.2) is 54.6 Å². The molecule has 144 valence electrons. The van der Waals surface area contributed by atoms with Crippen molar-refractivity contribution < 1.29 is 9.53 Å². The van der Waals surface area contributed by atoms with E-state index in [4.69, 9.17) is 4.74 Å². The number of para-hydroxylation sites is 1. The Morgan fingerprint density at radius 1 is 1.14 bits per heavy atom. The van der Waals surface area contributed by atoms with Crippen LogP contribution in [0, 0.1) is 5.92 Å². The van der Waals surface area contributed by atoms with Crippen molar-refractivity contribution in [1.29, 1.82) is 0 Å². The van der Waals surface area contributed by atoms with Crippen LogP contribution in [0.4, 0.5) is 5.69 Å². The van der Waals surface area contributed by atoms with Crippen LogP contribution in [0.2, 0.25) is 0 Å². The average molecular weight is 374 g/mol. The molecule has 3 unspecified atom stereocenters. The zero-order valence-corrected chi connectivity index (χ0v) is 16.2. The lowest BCUT2D eigenvalue weighted by Gasteiger charge is -2.38. The molecule has 4 heteroatoms. The van der Waals surface area contributed by atoms with Crippen molar-refractivity contribution in [3.63, 3.8) is 0 Å². The third-order valence-corrected chi connectivity index (χ3v) is 6.47. The summed E-state index contributed by atoms with van der Waals surface area (Å²) in [4.78, 5) is 15.2. The summed E-state index contributed by atoms with van der Waals surface area (Å²) < 4.78 is 5.45. The molecule has 4 nitrogen and oxygen atoms in total. The number of benzene rings is 2. The first kappa shape index (κ1) is 17.4. The molecular weight excluding hydrogens is 348 g/mol. The number of allylic oxidation sites excluding steroid dienone is 2. The fraction of sp³-hybridized carbons (Fsp3) is 0.375. The maximum absolute atomic E-state index is 13.2. The molecule has 1 aliphatic carbocycles. The molecule has 5 rings (SSSR count). The number of rotatable bonds is 3. The van der Waals surface area contributed by atoms with Crippen molar-refractivity contribution in [2.24, 2.45) is 5.92 Å². The fourth-order valence-corrected chi connectivity index (χ4v) is 5.06. The van der Waals surface area contributed by atoms with E-state index < -0.39 is 0 Å². The molecule has 1 saturated heterocycles. The van der Waals surface area contributed by atoms with E-state index >= 15 is 0 Å². The molecule has 0 aromatic heterocycles. The first-order valence-electron chi connectivity index (χ1n) is 10.3. The molecule has 0 saturated carbocycles. The number of carbonyl (C=O) groups excluding carboxylic acids is 1. The van der Waals surface area contributed by atoms with Gasteiger partial charge in [0.25, 0.3) is 5.91 Å². The minimum atomic E-state index is 0.159. The molecule has 2 aromatic carbocycles. The second kappa shape index (κ2) is 7.01. The molecule has 28 heavy (non-hydrogen) atoms. The fourth-order valence-electron chi connectivity index (χ4n) is 5.06. The predicted molar refractivity (Wildman–Crippen MR) is 111 cm³/mol. The van der Waals surface area contributed by atoms with E-state index in [9.17, 15) is 4.79 Å². The van der Waals surface area contributed by atoms with E-state index in [0.29, 0.717) is 11.8 Å². The number of ether oxygens (including phenoxy) is 1. The van der Waals surface area contributed by atoms with E-state index in [1.54, 1.807) is 7.11 Å². The number of carbonyl (C=O) groups is 1. The van der Waals surface area contributed by atoms with Gasteiger partial charge in [0.2, 0.25) is 0 Å². The maximum atomic E-state index is 13.2. The van der Waals surface area contributed by atoms with Gasteiger partial charge in [0.05, 0.1) is 24.4 Å². The summed E-state index contributed by atoms with van der Waals surface area (Å²) in [6.45, 7) is 1.74. The van der Waals surface area contributed by atoms with Gasteiger partial charge in [0.15, 0.2) is 0 Å². The van der Waals surface area contributed by atoms with Gasteiger partial charge in [-0.25, -0.2) is 0 Å². The Hall–Kier alpha value is -2.75. The van der Waals surface area contributed by atoms with E-state index in [0.717, 1.165) is 49.4 Å². The van der Waals surface area contributed by atoms with Gasteiger partial charge < -0.3 is 15.0 Å². The topological polar surface area (TPSA) is 41.6 Å². The second-order valence-electron chi connectivity index (χ2n) is 8.02. The van der Waals surface area contributed by atoms with Crippen LogP contribution in [0.25, 0.3) is 0 Å². The quantitative estimate of drug-likeness (QED) is 0.788. The molecule has 3 atom stereocenters. The van der Waals surface area contributed by atoms with Crippen LogP contribution >= 0.6 is 0 Å². The predicted octanol–water partition coefficient (Wildman–Crippen LogP) is 4.76. The number of hydrogen-bond acceptors (Lipinski definition) is 3. The second-order valence-corrected chi connectivity index (χ2v) is 8.02. The Morgan fingerprint density at radius 3 is 2.79 bits per heavy atom. The van der Waals surface area contributed by atoms with E-state index in [-0.39, 0.29) is 11.9 Å². The Labute approximate surface area is 166 Å². The minimum Gasteiger partial charge on any atom is -0.497 e. The van der Waals surface area contributed by atoms with Crippen molar-refractivity contribution in [3.8, 4) is 5.75 Å². The normalized spacial score (nSPS) is 25.2. The molecule has 1 N–H and O–H groups in total. The third kappa shape index (κ3) is 2.79. The van der Waals surface area contributed by atoms with Gasteiger partial charge in [-0.2, -0.15) is 0 Å². The number of hydrogen-bond donors (Lipinski definition) is 1. The van der Waals surface area contributed by atoms with Crippen molar-refractivity contribution in [3.05, 3.63) is 71.3 Å². The largest absolute Gasteiger partial charge is 0.497 e. The van der Waals surface area contributed by atoms with E-state index in [1.807, 2.05) is 29.2 Å². The van der Waals surface area contributed by atoms with Gasteiger partial charge in [0, 0.05) is 19.0 Å². The molecule has 2 heterocycles. The van der Waals surface area contributed by atoms with Gasteiger partial charge in [-0.3, -0.25) is 4.79 Å². The lowest BCUT2D eigenvalue weighted by atomic mass is 9.76. The lowest BCUT2D eigenvalue weighted by Crippen LogP contribution is -2.33. The first-order valence-corrected chi connectivity index (χ1v) is 10.3. The van der Waals surface area contributed by atoms with Crippen LogP contribution in [-0.4, -0.2) is 31.0 Å². The Balaban J connectivity index is 1.57. The number of fused-ring (bicyclic) bond motifs is 3. The van der Waals surface area contributed by atoms with Gasteiger partial charge >= 0.3 is 0 Å². The zero-order valence-electron chi connectivity index (χ0n) is 16.2. The van der Waals surface area contributed by atoms with Gasteiger partial charge in [-0.1, -0.05) is 36.4 Å². The first-order chi connectivity index (χ1) is 13.8. The number of anilines is 1. The van der Waals surface area contributed by atoms with E-state index in [1.165, 1.54) is 11.1 Å². The highest BCUT2D eigenvalue weighted by Crippen LogP contribution is 2.51. The maximum Gasteiger partial charge on any atom is 0.255 e. The van der Waals surface area contributed by atoms with Crippen molar-refractivity contribution in [1.82, 2.24) is 4.90 Å². The summed E-state index contributed by atoms with van der Waals surface area (Å²) >= 11 is 0. The molecule has 0 spiro atoms. The van der Waals surface area contributed by atoms with Crippen LogP contribution < -0.4 is 10.1 Å². The van der Waals surface area contributed by atoms with Crippen molar-refractivity contribution in [2.75, 3.05) is 25.5 Å². The van der Waals surface area contributed by atoms with Gasteiger partial charge in [0.1, 0.15) is 5.75 Å². The molecule has 3 aliphatic rings. The standard InChI is InChI=1S/C24H26N2O2/c1-28-17-8-4-7-16(15-17)22-19-10-5-9-18(19)20-11-6-12-21(23(20)25-22)24(27)26-13-2-3-14-26/h4-9,11-12,15,18-19,22,25H,2-3,10,13-14H2,1H3. The molecule has 0 bridgehead atoms. The Bertz CT molecular complexity index is 930. The highest BCUT2D eigenvalue weighted by atomic mass is 16.5. The smallest absolute Gasteiger partial charge is 0.255 e. The van der Waals surface area contributed by atoms with Gasteiger partial charge in [-0.15, -0.1) is 0 Å². The van der Waals surface area contributed by atoms with E-state index in [2.05, 4.69) is 35.7 Å². The zero-order chi connectivity index (χ0) is 19.1. The lowest BCUT2D eigenvalue weighted by molar-refractivity contribution is 0.0793. The van der Waals surface area contributed by atoms with Crippen LogP contribution in [0.5, 0.6) is 5.75 Å². The average Bonchev–Trinajstić information content (AvgIpc) is 3.44. The SMILES string of the molecule is COc1cccc(C2Nc3c(C(=O)N4CCCC4)cccc3C3C=CCC32)c1. The molecule has 2 aromatic rings. The number of likely N-dealkylation sites (tertiary alicyclic amines) is 1. The number of amides is 1. The third-order valence-electron chi connectivity index (χ3n) is 6.47. The van der Waals surface area contributed by atoms with Crippen LogP contribution in [0.1, 0.15) is 52.7 Å². The van der Waals surface area contributed by atoms with Gasteiger partial charge in [-0.05, 0) is 54.5 Å².